The molecule has 6 nitrogen and oxygen atoms in total. The van der Waals surface area contributed by atoms with Crippen molar-refractivity contribution >= 4 is 16.9 Å². The summed E-state index contributed by atoms with van der Waals surface area (Å²) in [6.45, 7) is 2.55. The van der Waals surface area contributed by atoms with Crippen LogP contribution in [-0.4, -0.2) is 67.3 Å². The minimum atomic E-state index is -0.0604. The van der Waals surface area contributed by atoms with Crippen LogP contribution in [0.5, 0.6) is 5.75 Å². The Morgan fingerprint density at radius 1 is 1.40 bits per heavy atom. The number of fused-ring (bicyclic) bond motifs is 1. The number of piperidine rings is 1. The first-order valence-corrected chi connectivity index (χ1v) is 8.81. The Hall–Kier alpha value is -2.05. The van der Waals surface area contributed by atoms with E-state index in [2.05, 4.69) is 11.9 Å². The first-order valence-electron chi connectivity index (χ1n) is 8.81. The zero-order chi connectivity index (χ0) is 17.8. The number of aliphatic hydroxyl groups excluding tert-OH is 1. The summed E-state index contributed by atoms with van der Waals surface area (Å²) in [5.74, 6) is 0.946. The van der Waals surface area contributed by atoms with Gasteiger partial charge < -0.3 is 24.1 Å². The molecule has 0 unspecified atom stereocenters. The zero-order valence-electron chi connectivity index (χ0n) is 14.9. The van der Waals surface area contributed by atoms with Gasteiger partial charge >= 0.3 is 0 Å². The molecule has 6 heteroatoms. The molecule has 1 aliphatic rings. The maximum atomic E-state index is 12.8. The van der Waals surface area contributed by atoms with Crippen LogP contribution in [0, 0.1) is 0 Å². The third-order valence-corrected chi connectivity index (χ3v) is 4.98. The fourth-order valence-corrected chi connectivity index (χ4v) is 3.47. The van der Waals surface area contributed by atoms with Gasteiger partial charge in [-0.2, -0.15) is 0 Å². The van der Waals surface area contributed by atoms with Crippen LogP contribution in [0.2, 0.25) is 0 Å². The molecular formula is C19H26N2O4. The highest BCUT2D eigenvalue weighted by Crippen LogP contribution is 2.29. The highest BCUT2D eigenvalue weighted by atomic mass is 16.5. The molecular weight excluding hydrogens is 320 g/mol. The molecule has 1 aliphatic heterocycles. The van der Waals surface area contributed by atoms with Crippen molar-refractivity contribution in [2.24, 2.45) is 0 Å². The standard InChI is InChI=1S/C19H26N2O4/c1-20(9-4-12-22)15-7-10-21(11-8-15)19(23)17-13-14-5-3-6-16(24-2)18(14)25-17/h3,5-6,13,15,22H,4,7-12H2,1-2H3. The third kappa shape index (κ3) is 3.80. The van der Waals surface area contributed by atoms with E-state index in [1.807, 2.05) is 23.1 Å². The smallest absolute Gasteiger partial charge is 0.289 e. The summed E-state index contributed by atoms with van der Waals surface area (Å²) >= 11 is 0. The largest absolute Gasteiger partial charge is 0.493 e. The predicted molar refractivity (Wildman–Crippen MR) is 96.0 cm³/mol. The van der Waals surface area contributed by atoms with Crippen LogP contribution in [0.25, 0.3) is 11.0 Å². The van der Waals surface area contributed by atoms with Gasteiger partial charge in [0.25, 0.3) is 5.91 Å². The monoisotopic (exact) mass is 346 g/mol. The Morgan fingerprint density at radius 3 is 2.84 bits per heavy atom. The summed E-state index contributed by atoms with van der Waals surface area (Å²) in [5, 5.41) is 9.83. The van der Waals surface area contributed by atoms with Gasteiger partial charge in [0.2, 0.25) is 0 Å². The maximum Gasteiger partial charge on any atom is 0.289 e. The van der Waals surface area contributed by atoms with Crippen molar-refractivity contribution in [3.05, 3.63) is 30.0 Å². The van der Waals surface area contributed by atoms with E-state index in [1.54, 1.807) is 13.2 Å². The average Bonchev–Trinajstić information content (AvgIpc) is 3.09. The van der Waals surface area contributed by atoms with Crippen molar-refractivity contribution in [2.75, 3.05) is 40.4 Å². The zero-order valence-corrected chi connectivity index (χ0v) is 14.9. The number of hydrogen-bond acceptors (Lipinski definition) is 5. The first-order chi connectivity index (χ1) is 12.1. The first kappa shape index (κ1) is 17.8. The molecule has 3 rings (SSSR count). The predicted octanol–water partition coefficient (Wildman–Crippen LogP) is 2.36. The Morgan fingerprint density at radius 2 is 2.16 bits per heavy atom. The van der Waals surface area contributed by atoms with Crippen molar-refractivity contribution in [1.82, 2.24) is 9.80 Å². The molecule has 1 amide bonds. The summed E-state index contributed by atoms with van der Waals surface area (Å²) in [6.07, 6.45) is 2.67. The number of likely N-dealkylation sites (tertiary alicyclic amines) is 1. The number of aliphatic hydroxyl groups is 1. The van der Waals surface area contributed by atoms with Crippen LogP contribution in [0.4, 0.5) is 0 Å². The second-order valence-electron chi connectivity index (χ2n) is 6.57. The number of benzene rings is 1. The summed E-state index contributed by atoms with van der Waals surface area (Å²) < 4.78 is 11.1. The number of carbonyl (C=O) groups is 1. The molecule has 0 aliphatic carbocycles. The topological polar surface area (TPSA) is 66.2 Å². The van der Waals surface area contributed by atoms with Crippen molar-refractivity contribution in [3.8, 4) is 5.75 Å². The average molecular weight is 346 g/mol. The van der Waals surface area contributed by atoms with Crippen molar-refractivity contribution < 1.29 is 19.1 Å². The molecule has 25 heavy (non-hydrogen) atoms. The van der Waals surface area contributed by atoms with Gasteiger partial charge in [0, 0.05) is 37.7 Å². The number of rotatable bonds is 6. The third-order valence-electron chi connectivity index (χ3n) is 4.98. The van der Waals surface area contributed by atoms with Crippen molar-refractivity contribution in [2.45, 2.75) is 25.3 Å². The summed E-state index contributed by atoms with van der Waals surface area (Å²) in [7, 11) is 3.68. The minimum Gasteiger partial charge on any atom is -0.493 e. The lowest BCUT2D eigenvalue weighted by atomic mass is 10.0. The molecule has 0 bridgehead atoms. The van der Waals surface area contributed by atoms with Gasteiger partial charge in [0.05, 0.1) is 7.11 Å². The van der Waals surface area contributed by atoms with Crippen LogP contribution in [0.15, 0.2) is 28.7 Å². The molecule has 0 saturated carbocycles. The lowest BCUT2D eigenvalue weighted by molar-refractivity contribution is 0.0613. The lowest BCUT2D eigenvalue weighted by Gasteiger charge is -2.36. The number of nitrogens with zero attached hydrogens (tertiary/aromatic N) is 2. The Kier molecular flexibility index (Phi) is 5.60. The van der Waals surface area contributed by atoms with E-state index in [-0.39, 0.29) is 12.5 Å². The SMILES string of the molecule is COc1cccc2cc(C(=O)N3CCC(N(C)CCCO)CC3)oc12. The molecule has 1 N–H and O–H groups in total. The van der Waals surface area contributed by atoms with Gasteiger partial charge in [-0.15, -0.1) is 0 Å². The number of carbonyl (C=O) groups excluding carboxylic acids is 1. The summed E-state index contributed by atoms with van der Waals surface area (Å²) in [4.78, 5) is 16.9. The summed E-state index contributed by atoms with van der Waals surface area (Å²) in [5.41, 5.74) is 0.618. The minimum absolute atomic E-state index is 0.0604. The Balaban J connectivity index is 1.65. The Labute approximate surface area is 148 Å². The molecule has 0 atom stereocenters. The Bertz CT molecular complexity index is 719. The van der Waals surface area contributed by atoms with Crippen molar-refractivity contribution in [3.63, 3.8) is 0 Å². The maximum absolute atomic E-state index is 12.8. The molecule has 0 spiro atoms. The van der Waals surface area contributed by atoms with E-state index in [0.29, 0.717) is 23.1 Å². The summed E-state index contributed by atoms with van der Waals surface area (Å²) in [6, 6.07) is 7.89. The van der Waals surface area contributed by atoms with E-state index < -0.39 is 0 Å². The number of methoxy groups -OCH3 is 1. The number of furan rings is 1. The van der Waals surface area contributed by atoms with E-state index in [1.165, 1.54) is 0 Å². The molecule has 1 aromatic carbocycles. The van der Waals surface area contributed by atoms with Gasteiger partial charge in [0.1, 0.15) is 0 Å². The second kappa shape index (κ2) is 7.89. The number of ether oxygens (including phenoxy) is 1. The van der Waals surface area contributed by atoms with E-state index >= 15 is 0 Å². The number of amides is 1. The fourth-order valence-electron chi connectivity index (χ4n) is 3.47. The van der Waals surface area contributed by atoms with Crippen LogP contribution >= 0.6 is 0 Å². The van der Waals surface area contributed by atoms with E-state index in [9.17, 15) is 4.79 Å². The van der Waals surface area contributed by atoms with Gasteiger partial charge in [0.15, 0.2) is 17.1 Å². The van der Waals surface area contributed by atoms with Gasteiger partial charge in [-0.1, -0.05) is 12.1 Å². The molecule has 2 heterocycles. The fraction of sp³-hybridized carbons (Fsp3) is 0.526. The van der Waals surface area contributed by atoms with Crippen LogP contribution in [-0.2, 0) is 0 Å². The molecule has 1 fully saturated rings. The van der Waals surface area contributed by atoms with Gasteiger partial charge in [-0.25, -0.2) is 0 Å². The van der Waals surface area contributed by atoms with E-state index in [0.717, 1.165) is 44.3 Å². The molecule has 2 aromatic rings. The number of para-hydroxylation sites is 1. The van der Waals surface area contributed by atoms with Gasteiger partial charge in [-0.05, 0) is 38.4 Å². The van der Waals surface area contributed by atoms with Crippen molar-refractivity contribution in [1.29, 1.82) is 0 Å². The molecule has 136 valence electrons. The lowest BCUT2D eigenvalue weighted by Crippen LogP contribution is -2.45. The molecule has 0 radical (unpaired) electrons. The second-order valence-corrected chi connectivity index (χ2v) is 6.57. The van der Waals surface area contributed by atoms with Crippen LogP contribution in [0.3, 0.4) is 0 Å². The van der Waals surface area contributed by atoms with E-state index in [4.69, 9.17) is 14.3 Å². The van der Waals surface area contributed by atoms with Crippen LogP contribution < -0.4 is 4.74 Å². The molecule has 1 saturated heterocycles. The molecule has 1 aromatic heterocycles. The highest BCUT2D eigenvalue weighted by molar-refractivity contribution is 5.97. The quantitative estimate of drug-likeness (QED) is 0.870. The highest BCUT2D eigenvalue weighted by Gasteiger charge is 2.27. The van der Waals surface area contributed by atoms with Crippen LogP contribution in [0.1, 0.15) is 29.8 Å². The van der Waals surface area contributed by atoms with Gasteiger partial charge in [-0.3, -0.25) is 4.79 Å². The normalized spacial score (nSPS) is 15.9. The number of hydrogen-bond donors (Lipinski definition) is 1.